The van der Waals surface area contributed by atoms with Crippen LogP contribution in [0.1, 0.15) is 16.1 Å². The summed E-state index contributed by atoms with van der Waals surface area (Å²) in [7, 11) is 1.56. The predicted molar refractivity (Wildman–Crippen MR) is 78.4 cm³/mol. The molecular weight excluding hydrogens is 270 g/mol. The van der Waals surface area contributed by atoms with Gasteiger partial charge in [0.15, 0.2) is 0 Å². The van der Waals surface area contributed by atoms with Crippen molar-refractivity contribution in [3.05, 3.63) is 59.9 Å². The first-order valence-corrected chi connectivity index (χ1v) is 6.25. The number of benzene rings is 1. The van der Waals surface area contributed by atoms with Gasteiger partial charge in [-0.1, -0.05) is 18.2 Å². The number of hydrogen-bond acceptors (Lipinski definition) is 3. The highest BCUT2D eigenvalue weighted by Gasteiger charge is 2.06. The summed E-state index contributed by atoms with van der Waals surface area (Å²) >= 11 is 0. The van der Waals surface area contributed by atoms with E-state index in [1.807, 2.05) is 18.2 Å². The molecule has 0 saturated carbocycles. The molecule has 0 spiro atoms. The van der Waals surface area contributed by atoms with E-state index in [0.29, 0.717) is 11.4 Å². The lowest BCUT2D eigenvalue weighted by Gasteiger charge is -2.05. The van der Waals surface area contributed by atoms with E-state index in [1.165, 1.54) is 6.08 Å². The van der Waals surface area contributed by atoms with Gasteiger partial charge in [0.2, 0.25) is 0 Å². The first-order valence-electron chi connectivity index (χ1n) is 6.25. The van der Waals surface area contributed by atoms with Crippen LogP contribution in [0.15, 0.2) is 48.7 Å². The molecule has 0 aliphatic heterocycles. The monoisotopic (exact) mass is 285 g/mol. The van der Waals surface area contributed by atoms with Crippen LogP contribution < -0.4 is 15.6 Å². The van der Waals surface area contributed by atoms with E-state index in [2.05, 4.69) is 15.8 Å². The van der Waals surface area contributed by atoms with Gasteiger partial charge in [-0.2, -0.15) is 0 Å². The van der Waals surface area contributed by atoms with Crippen molar-refractivity contribution in [2.75, 3.05) is 7.11 Å². The molecule has 0 fully saturated rings. The smallest absolute Gasteiger partial charge is 0.286 e. The molecule has 1 aromatic heterocycles. The highest BCUT2D eigenvalue weighted by atomic mass is 16.5. The van der Waals surface area contributed by atoms with Crippen LogP contribution in [0, 0.1) is 0 Å². The summed E-state index contributed by atoms with van der Waals surface area (Å²) in [5, 5.41) is 0. The number of rotatable bonds is 4. The second-order valence-electron chi connectivity index (χ2n) is 4.10. The molecule has 0 bridgehead atoms. The maximum absolute atomic E-state index is 11.6. The van der Waals surface area contributed by atoms with Gasteiger partial charge >= 0.3 is 0 Å². The molecule has 0 atom stereocenters. The molecule has 6 nitrogen and oxygen atoms in total. The number of nitrogens with one attached hydrogen (secondary N) is 3. The molecule has 0 saturated heterocycles. The van der Waals surface area contributed by atoms with Gasteiger partial charge in [-0.05, 0) is 24.3 Å². The van der Waals surface area contributed by atoms with Crippen LogP contribution in [0.3, 0.4) is 0 Å². The predicted octanol–water partition coefficient (Wildman–Crippen LogP) is 1.50. The Bertz CT molecular complexity index is 648. The zero-order chi connectivity index (χ0) is 15.1. The average molecular weight is 285 g/mol. The third-order valence-electron chi connectivity index (χ3n) is 2.70. The second-order valence-corrected chi connectivity index (χ2v) is 4.10. The van der Waals surface area contributed by atoms with Gasteiger partial charge in [0.1, 0.15) is 11.4 Å². The van der Waals surface area contributed by atoms with E-state index in [9.17, 15) is 9.59 Å². The fraction of sp³-hybridized carbons (Fsp3) is 0.0667. The largest absolute Gasteiger partial charge is 0.496 e. The summed E-state index contributed by atoms with van der Waals surface area (Å²) < 4.78 is 5.17. The summed E-state index contributed by atoms with van der Waals surface area (Å²) in [6.45, 7) is 0. The Kier molecular flexibility index (Phi) is 4.76. The van der Waals surface area contributed by atoms with Crippen LogP contribution in [-0.2, 0) is 4.79 Å². The molecule has 0 unspecified atom stereocenters. The topological polar surface area (TPSA) is 83.2 Å². The molecule has 1 heterocycles. The summed E-state index contributed by atoms with van der Waals surface area (Å²) in [6.07, 6.45) is 4.54. The molecule has 2 amide bonds. The quantitative estimate of drug-likeness (QED) is 0.588. The molecule has 0 radical (unpaired) electrons. The minimum atomic E-state index is -0.444. The highest BCUT2D eigenvalue weighted by molar-refractivity contribution is 5.97. The molecular formula is C15H15N3O3. The molecule has 0 aliphatic rings. The number of hydrogen-bond donors (Lipinski definition) is 3. The van der Waals surface area contributed by atoms with Gasteiger partial charge in [-0.25, -0.2) is 0 Å². The molecule has 2 aromatic rings. The van der Waals surface area contributed by atoms with Crippen LogP contribution in [0.5, 0.6) is 5.75 Å². The van der Waals surface area contributed by atoms with E-state index in [4.69, 9.17) is 4.74 Å². The van der Waals surface area contributed by atoms with Crippen LogP contribution in [0.25, 0.3) is 6.08 Å². The molecule has 2 rings (SSSR count). The standard InChI is InChI=1S/C15H15N3O3/c1-21-13-7-3-2-5-11(13)8-9-14(19)17-18-15(20)12-6-4-10-16-12/h2-10,16H,1H3,(H,17,19)(H,18,20)/b9-8+. The summed E-state index contributed by atoms with van der Waals surface area (Å²) in [6, 6.07) is 10.6. The van der Waals surface area contributed by atoms with E-state index in [-0.39, 0.29) is 0 Å². The van der Waals surface area contributed by atoms with Gasteiger partial charge in [0.25, 0.3) is 11.8 Å². The lowest BCUT2D eigenvalue weighted by molar-refractivity contribution is -0.117. The van der Waals surface area contributed by atoms with Crippen LogP contribution in [-0.4, -0.2) is 23.9 Å². The van der Waals surface area contributed by atoms with Crippen molar-refractivity contribution in [2.45, 2.75) is 0 Å². The molecule has 6 heteroatoms. The van der Waals surface area contributed by atoms with E-state index < -0.39 is 11.8 Å². The molecule has 1 aromatic carbocycles. The Hall–Kier alpha value is -3.02. The van der Waals surface area contributed by atoms with Crippen LogP contribution >= 0.6 is 0 Å². The Morgan fingerprint density at radius 1 is 1.14 bits per heavy atom. The lowest BCUT2D eigenvalue weighted by atomic mass is 10.2. The number of para-hydroxylation sites is 1. The Morgan fingerprint density at radius 3 is 2.67 bits per heavy atom. The summed E-state index contributed by atoms with van der Waals surface area (Å²) in [5.74, 6) is -0.197. The van der Waals surface area contributed by atoms with Crippen molar-refractivity contribution >= 4 is 17.9 Å². The first kappa shape index (κ1) is 14.4. The van der Waals surface area contributed by atoms with Gasteiger partial charge < -0.3 is 9.72 Å². The van der Waals surface area contributed by atoms with Crippen molar-refractivity contribution in [3.8, 4) is 5.75 Å². The normalized spacial score (nSPS) is 10.3. The summed E-state index contributed by atoms with van der Waals surface area (Å²) in [4.78, 5) is 25.9. The van der Waals surface area contributed by atoms with Gasteiger partial charge in [-0.15, -0.1) is 0 Å². The van der Waals surface area contributed by atoms with E-state index >= 15 is 0 Å². The number of aromatic amines is 1. The van der Waals surface area contributed by atoms with E-state index in [1.54, 1.807) is 37.6 Å². The molecule has 21 heavy (non-hydrogen) atoms. The molecule has 3 N–H and O–H groups in total. The lowest BCUT2D eigenvalue weighted by Crippen LogP contribution is -2.40. The van der Waals surface area contributed by atoms with Crippen molar-refractivity contribution < 1.29 is 14.3 Å². The second kappa shape index (κ2) is 6.95. The van der Waals surface area contributed by atoms with Crippen molar-refractivity contribution in [1.82, 2.24) is 15.8 Å². The van der Waals surface area contributed by atoms with Crippen molar-refractivity contribution in [2.24, 2.45) is 0 Å². The first-order chi connectivity index (χ1) is 10.2. The Labute approximate surface area is 121 Å². The Balaban J connectivity index is 1.90. The van der Waals surface area contributed by atoms with Gasteiger partial charge in [0, 0.05) is 17.8 Å². The SMILES string of the molecule is COc1ccccc1/C=C/C(=O)NNC(=O)c1ccc[nH]1. The number of carbonyl (C=O) groups is 2. The number of amides is 2. The fourth-order valence-electron chi connectivity index (χ4n) is 1.67. The number of aromatic nitrogens is 1. The maximum Gasteiger partial charge on any atom is 0.286 e. The van der Waals surface area contributed by atoms with Crippen LogP contribution in [0.4, 0.5) is 0 Å². The maximum atomic E-state index is 11.6. The molecule has 108 valence electrons. The number of carbonyl (C=O) groups excluding carboxylic acids is 2. The average Bonchev–Trinajstić information content (AvgIpc) is 3.05. The zero-order valence-corrected chi connectivity index (χ0v) is 11.4. The van der Waals surface area contributed by atoms with Crippen molar-refractivity contribution in [1.29, 1.82) is 0 Å². The minimum Gasteiger partial charge on any atom is -0.496 e. The van der Waals surface area contributed by atoms with Gasteiger partial charge in [-0.3, -0.25) is 20.4 Å². The van der Waals surface area contributed by atoms with Crippen molar-refractivity contribution in [3.63, 3.8) is 0 Å². The minimum absolute atomic E-state index is 0.365. The number of hydrazine groups is 1. The molecule has 0 aliphatic carbocycles. The zero-order valence-electron chi connectivity index (χ0n) is 11.4. The number of H-pyrrole nitrogens is 1. The Morgan fingerprint density at radius 2 is 1.95 bits per heavy atom. The van der Waals surface area contributed by atoms with Crippen LogP contribution in [0.2, 0.25) is 0 Å². The number of ether oxygens (including phenoxy) is 1. The van der Waals surface area contributed by atoms with Gasteiger partial charge in [0.05, 0.1) is 7.11 Å². The fourth-order valence-corrected chi connectivity index (χ4v) is 1.67. The highest BCUT2D eigenvalue weighted by Crippen LogP contribution is 2.18. The third kappa shape index (κ3) is 3.97. The van der Waals surface area contributed by atoms with E-state index in [0.717, 1.165) is 5.56 Å². The third-order valence-corrected chi connectivity index (χ3v) is 2.70. The number of methoxy groups -OCH3 is 1. The summed E-state index contributed by atoms with van der Waals surface area (Å²) in [5.41, 5.74) is 5.72.